The van der Waals surface area contributed by atoms with Crippen molar-refractivity contribution in [1.29, 1.82) is 0 Å². The van der Waals surface area contributed by atoms with Crippen LogP contribution in [0, 0.1) is 3.57 Å². The van der Waals surface area contributed by atoms with Crippen molar-refractivity contribution >= 4 is 22.6 Å². The lowest BCUT2D eigenvalue weighted by molar-refractivity contribution is 0.0368. The molecule has 1 aliphatic heterocycles. The normalized spacial score (nSPS) is 17.5. The number of hydrogen-bond donors (Lipinski definition) is 0. The highest BCUT2D eigenvalue weighted by Gasteiger charge is 2.10. The minimum atomic E-state index is 0.889. The Morgan fingerprint density at radius 2 is 2.12 bits per heavy atom. The molecule has 0 spiro atoms. The van der Waals surface area contributed by atoms with Gasteiger partial charge in [0.15, 0.2) is 0 Å². The molecule has 1 aromatic heterocycles. The zero-order valence-electron chi connectivity index (χ0n) is 10.4. The third-order valence-corrected chi connectivity index (χ3v) is 3.99. The van der Waals surface area contributed by atoms with Crippen LogP contribution < -0.4 is 0 Å². The third kappa shape index (κ3) is 3.93. The maximum atomic E-state index is 5.34. The highest BCUT2D eigenvalue weighted by Crippen LogP contribution is 2.11. The number of halogens is 1. The highest BCUT2D eigenvalue weighted by atomic mass is 127. The summed E-state index contributed by atoms with van der Waals surface area (Å²) in [7, 11) is 0. The molecule has 2 heterocycles. The molecule has 0 atom stereocenters. The predicted molar refractivity (Wildman–Crippen MR) is 76.2 cm³/mol. The maximum Gasteiger partial charge on any atom is 0.0755 e. The topological polar surface area (TPSA) is 30.3 Å². The first-order valence-corrected chi connectivity index (χ1v) is 7.39. The standard InChI is InChI=1S/C12H20IN3O/c1-2-12-11(13)10-16(14-12)5-3-4-15-6-8-17-9-7-15/h10H,2-9H2,1H3. The molecule has 17 heavy (non-hydrogen) atoms. The van der Waals surface area contributed by atoms with Gasteiger partial charge in [-0.05, 0) is 35.4 Å². The average Bonchev–Trinajstić information content (AvgIpc) is 2.71. The fraction of sp³-hybridized carbons (Fsp3) is 0.750. The lowest BCUT2D eigenvalue weighted by Crippen LogP contribution is -2.37. The first-order chi connectivity index (χ1) is 8.29. The van der Waals surface area contributed by atoms with Crippen molar-refractivity contribution in [1.82, 2.24) is 14.7 Å². The van der Waals surface area contributed by atoms with Crippen LogP contribution in [-0.2, 0) is 17.7 Å². The van der Waals surface area contributed by atoms with Crippen molar-refractivity contribution < 1.29 is 4.74 Å². The fourth-order valence-corrected chi connectivity index (χ4v) is 2.88. The van der Waals surface area contributed by atoms with Gasteiger partial charge in [0, 0.05) is 32.4 Å². The number of hydrogen-bond acceptors (Lipinski definition) is 3. The van der Waals surface area contributed by atoms with Gasteiger partial charge in [0.2, 0.25) is 0 Å². The molecule has 0 saturated carbocycles. The first-order valence-electron chi connectivity index (χ1n) is 6.31. The Balaban J connectivity index is 1.73. The van der Waals surface area contributed by atoms with E-state index >= 15 is 0 Å². The molecule has 96 valence electrons. The molecule has 1 fully saturated rings. The van der Waals surface area contributed by atoms with E-state index in [4.69, 9.17) is 4.74 Å². The van der Waals surface area contributed by atoms with E-state index in [1.165, 1.54) is 15.7 Å². The summed E-state index contributed by atoms with van der Waals surface area (Å²) in [5.41, 5.74) is 1.22. The van der Waals surface area contributed by atoms with Gasteiger partial charge in [0.25, 0.3) is 0 Å². The van der Waals surface area contributed by atoms with Gasteiger partial charge in [-0.15, -0.1) is 0 Å². The van der Waals surface area contributed by atoms with Crippen molar-refractivity contribution in [2.75, 3.05) is 32.8 Å². The molecular weight excluding hydrogens is 329 g/mol. The van der Waals surface area contributed by atoms with Crippen molar-refractivity contribution in [3.8, 4) is 0 Å². The number of morpholine rings is 1. The summed E-state index contributed by atoms with van der Waals surface area (Å²) in [5.74, 6) is 0. The van der Waals surface area contributed by atoms with Crippen molar-refractivity contribution in [3.05, 3.63) is 15.5 Å². The molecule has 2 rings (SSSR count). The van der Waals surface area contributed by atoms with Gasteiger partial charge in [-0.1, -0.05) is 6.92 Å². The Bertz CT molecular complexity index is 348. The van der Waals surface area contributed by atoms with E-state index in [9.17, 15) is 0 Å². The number of ether oxygens (including phenoxy) is 1. The summed E-state index contributed by atoms with van der Waals surface area (Å²) in [4.78, 5) is 2.47. The third-order valence-electron chi connectivity index (χ3n) is 3.09. The van der Waals surface area contributed by atoms with Crippen LogP contribution in [0.1, 0.15) is 19.0 Å². The molecule has 5 heteroatoms. The SMILES string of the molecule is CCc1nn(CCCN2CCOCC2)cc1I. The van der Waals surface area contributed by atoms with Crippen molar-refractivity contribution in [2.45, 2.75) is 26.3 Å². The van der Waals surface area contributed by atoms with Crippen molar-refractivity contribution in [3.63, 3.8) is 0 Å². The van der Waals surface area contributed by atoms with Crippen LogP contribution >= 0.6 is 22.6 Å². The zero-order chi connectivity index (χ0) is 12.1. The van der Waals surface area contributed by atoms with Gasteiger partial charge >= 0.3 is 0 Å². The lowest BCUT2D eigenvalue weighted by Gasteiger charge is -2.26. The quantitative estimate of drug-likeness (QED) is 0.759. The Labute approximate surface area is 116 Å². The molecule has 0 N–H and O–H groups in total. The number of nitrogens with zero attached hydrogens (tertiary/aromatic N) is 3. The second-order valence-electron chi connectivity index (χ2n) is 4.35. The van der Waals surface area contributed by atoms with Gasteiger partial charge < -0.3 is 4.74 Å². The molecule has 1 aromatic rings. The molecule has 1 aliphatic rings. The largest absolute Gasteiger partial charge is 0.379 e. The Morgan fingerprint density at radius 1 is 1.35 bits per heavy atom. The van der Waals surface area contributed by atoms with E-state index in [0.29, 0.717) is 0 Å². The molecule has 0 unspecified atom stereocenters. The number of aromatic nitrogens is 2. The van der Waals surface area contributed by atoms with Crippen LogP contribution in [0.15, 0.2) is 6.20 Å². The molecule has 0 aliphatic carbocycles. The lowest BCUT2D eigenvalue weighted by atomic mass is 10.3. The van der Waals surface area contributed by atoms with Gasteiger partial charge in [-0.2, -0.15) is 5.10 Å². The molecule has 4 nitrogen and oxygen atoms in total. The summed E-state index contributed by atoms with van der Waals surface area (Å²) in [5, 5.41) is 4.58. The van der Waals surface area contributed by atoms with E-state index in [2.05, 4.69) is 50.4 Å². The summed E-state index contributed by atoms with van der Waals surface area (Å²) in [6.45, 7) is 8.27. The van der Waals surface area contributed by atoms with Crippen LogP contribution in [-0.4, -0.2) is 47.5 Å². The second kappa shape index (κ2) is 6.70. The number of aryl methyl sites for hydroxylation is 2. The summed E-state index contributed by atoms with van der Waals surface area (Å²) in [6, 6.07) is 0. The molecule has 0 radical (unpaired) electrons. The Hall–Kier alpha value is -0.140. The van der Waals surface area contributed by atoms with E-state index in [0.717, 1.165) is 45.8 Å². The molecular formula is C12H20IN3O. The van der Waals surface area contributed by atoms with Crippen LogP contribution in [0.25, 0.3) is 0 Å². The fourth-order valence-electron chi connectivity index (χ4n) is 2.07. The van der Waals surface area contributed by atoms with E-state index < -0.39 is 0 Å². The van der Waals surface area contributed by atoms with Gasteiger partial charge in [-0.3, -0.25) is 9.58 Å². The molecule has 1 saturated heterocycles. The minimum Gasteiger partial charge on any atom is -0.379 e. The van der Waals surface area contributed by atoms with Crippen LogP contribution in [0.3, 0.4) is 0 Å². The first kappa shape index (κ1) is 13.3. The van der Waals surface area contributed by atoms with E-state index in [1.807, 2.05) is 0 Å². The zero-order valence-corrected chi connectivity index (χ0v) is 12.5. The Kier molecular flexibility index (Phi) is 5.24. The van der Waals surface area contributed by atoms with Crippen molar-refractivity contribution in [2.24, 2.45) is 0 Å². The number of rotatable bonds is 5. The van der Waals surface area contributed by atoms with Crippen LogP contribution in [0.2, 0.25) is 0 Å². The van der Waals surface area contributed by atoms with E-state index in [1.54, 1.807) is 0 Å². The monoisotopic (exact) mass is 349 g/mol. The van der Waals surface area contributed by atoms with Crippen LogP contribution in [0.5, 0.6) is 0 Å². The summed E-state index contributed by atoms with van der Waals surface area (Å²) in [6.07, 6.45) is 4.34. The van der Waals surface area contributed by atoms with E-state index in [-0.39, 0.29) is 0 Å². The molecule has 0 aromatic carbocycles. The van der Waals surface area contributed by atoms with Gasteiger partial charge in [0.05, 0.1) is 22.5 Å². The molecule has 0 bridgehead atoms. The maximum absolute atomic E-state index is 5.34. The highest BCUT2D eigenvalue weighted by molar-refractivity contribution is 14.1. The smallest absolute Gasteiger partial charge is 0.0755 e. The Morgan fingerprint density at radius 3 is 2.76 bits per heavy atom. The van der Waals surface area contributed by atoms with Crippen LogP contribution in [0.4, 0.5) is 0 Å². The second-order valence-corrected chi connectivity index (χ2v) is 5.51. The van der Waals surface area contributed by atoms with Gasteiger partial charge in [-0.25, -0.2) is 0 Å². The predicted octanol–water partition coefficient (Wildman–Crippen LogP) is 1.77. The summed E-state index contributed by atoms with van der Waals surface area (Å²) < 4.78 is 8.71. The van der Waals surface area contributed by atoms with Gasteiger partial charge in [0.1, 0.15) is 0 Å². The minimum absolute atomic E-state index is 0.889. The molecule has 0 amide bonds. The average molecular weight is 349 g/mol. The summed E-state index contributed by atoms with van der Waals surface area (Å²) >= 11 is 2.37.